The third-order valence-electron chi connectivity index (χ3n) is 6.66. The molecule has 0 aliphatic carbocycles. The van der Waals surface area contributed by atoms with E-state index in [2.05, 4.69) is 10.3 Å². The fourth-order valence-corrected chi connectivity index (χ4v) is 5.13. The molecule has 5 rings (SSSR count). The molecule has 1 aliphatic rings. The first-order valence-corrected chi connectivity index (χ1v) is 14.2. The van der Waals surface area contributed by atoms with Crippen molar-refractivity contribution in [3.8, 4) is 0 Å². The van der Waals surface area contributed by atoms with E-state index in [1.165, 1.54) is 24.4 Å². The van der Waals surface area contributed by atoms with Crippen molar-refractivity contribution in [3.05, 3.63) is 96.0 Å². The van der Waals surface area contributed by atoms with Gasteiger partial charge in [0.05, 0.1) is 4.90 Å². The molecule has 0 bridgehead atoms. The van der Waals surface area contributed by atoms with Gasteiger partial charge in [0, 0.05) is 42.7 Å². The van der Waals surface area contributed by atoms with Crippen LogP contribution in [0.1, 0.15) is 40.6 Å². The van der Waals surface area contributed by atoms with Crippen molar-refractivity contribution in [1.29, 1.82) is 0 Å². The van der Waals surface area contributed by atoms with E-state index in [9.17, 15) is 18.0 Å². The van der Waals surface area contributed by atoms with E-state index in [-0.39, 0.29) is 22.4 Å². The molecule has 0 saturated carbocycles. The fourth-order valence-electron chi connectivity index (χ4n) is 4.57. The number of nitrogens with one attached hydrogen (secondary N) is 1. The predicted molar refractivity (Wildman–Crippen MR) is 146 cm³/mol. The van der Waals surface area contributed by atoms with Crippen molar-refractivity contribution in [2.24, 2.45) is 0 Å². The molecular weight excluding hydrogens is 502 g/mol. The van der Waals surface area contributed by atoms with Crippen molar-refractivity contribution in [3.63, 3.8) is 0 Å². The lowest BCUT2D eigenvalue weighted by Crippen LogP contribution is -2.38. The van der Waals surface area contributed by atoms with Crippen LogP contribution in [0.4, 0.5) is 5.69 Å². The molecule has 9 heteroatoms. The van der Waals surface area contributed by atoms with E-state index in [0.29, 0.717) is 30.5 Å². The zero-order chi connectivity index (χ0) is 26.7. The van der Waals surface area contributed by atoms with Gasteiger partial charge in [-0.15, -0.1) is 0 Å². The number of furan rings is 1. The number of benzene rings is 2. The largest absolute Gasteiger partial charge is 0.457 e. The van der Waals surface area contributed by atoms with Crippen LogP contribution >= 0.6 is 0 Å². The summed E-state index contributed by atoms with van der Waals surface area (Å²) in [7, 11) is -3.36. The average Bonchev–Trinajstić information content (AvgIpc) is 3.35. The summed E-state index contributed by atoms with van der Waals surface area (Å²) in [6, 6.07) is 20.2. The molecule has 1 saturated heterocycles. The molecule has 3 heterocycles. The van der Waals surface area contributed by atoms with Gasteiger partial charge < -0.3 is 14.6 Å². The Morgan fingerprint density at radius 2 is 1.76 bits per heavy atom. The highest BCUT2D eigenvalue weighted by molar-refractivity contribution is 7.90. The van der Waals surface area contributed by atoms with Gasteiger partial charge in [-0.2, -0.15) is 0 Å². The molecule has 2 aromatic carbocycles. The van der Waals surface area contributed by atoms with Gasteiger partial charge >= 0.3 is 0 Å². The number of nitrogens with zero attached hydrogens (tertiary/aromatic N) is 2. The minimum Gasteiger partial charge on any atom is -0.457 e. The number of likely N-dealkylation sites (tertiary alicyclic amines) is 1. The van der Waals surface area contributed by atoms with Gasteiger partial charge in [-0.3, -0.25) is 9.59 Å². The SMILES string of the molecule is CS(=O)(=O)c1ccc(C(=O)N2CCC(c3ccc(NC(=O)/C=C/c4cc5ccccc5o4)cc3)CC2)nc1. The van der Waals surface area contributed by atoms with E-state index in [4.69, 9.17) is 4.42 Å². The van der Waals surface area contributed by atoms with Gasteiger partial charge in [-0.25, -0.2) is 13.4 Å². The van der Waals surface area contributed by atoms with E-state index >= 15 is 0 Å². The smallest absolute Gasteiger partial charge is 0.272 e. The number of hydrogen-bond donors (Lipinski definition) is 1. The molecule has 0 atom stereocenters. The lowest BCUT2D eigenvalue weighted by atomic mass is 9.89. The Morgan fingerprint density at radius 1 is 1.03 bits per heavy atom. The molecule has 0 spiro atoms. The molecule has 0 unspecified atom stereocenters. The zero-order valence-electron chi connectivity index (χ0n) is 20.8. The van der Waals surface area contributed by atoms with Crippen LogP contribution in [-0.4, -0.2) is 49.5 Å². The molecule has 194 valence electrons. The van der Waals surface area contributed by atoms with Crippen LogP contribution in [0.25, 0.3) is 17.0 Å². The normalized spacial score (nSPS) is 14.7. The number of fused-ring (bicyclic) bond motifs is 1. The minimum atomic E-state index is -3.36. The maximum absolute atomic E-state index is 12.8. The van der Waals surface area contributed by atoms with Gasteiger partial charge in [-0.1, -0.05) is 30.3 Å². The first kappa shape index (κ1) is 25.4. The fraction of sp³-hybridized carbons (Fsp3) is 0.207. The van der Waals surface area contributed by atoms with Crippen LogP contribution in [0.3, 0.4) is 0 Å². The Kier molecular flexibility index (Phi) is 7.11. The molecule has 8 nitrogen and oxygen atoms in total. The van der Waals surface area contributed by atoms with E-state index in [1.807, 2.05) is 54.6 Å². The summed E-state index contributed by atoms with van der Waals surface area (Å²) < 4.78 is 28.9. The predicted octanol–water partition coefficient (Wildman–Crippen LogP) is 4.90. The highest BCUT2D eigenvalue weighted by atomic mass is 32.2. The highest BCUT2D eigenvalue weighted by Gasteiger charge is 2.25. The number of piperidine rings is 1. The van der Waals surface area contributed by atoms with E-state index in [0.717, 1.165) is 35.6 Å². The monoisotopic (exact) mass is 529 g/mol. The molecule has 2 amide bonds. The molecule has 1 fully saturated rings. The van der Waals surface area contributed by atoms with Crippen LogP contribution in [0.2, 0.25) is 0 Å². The number of sulfone groups is 1. The summed E-state index contributed by atoms with van der Waals surface area (Å²) in [6.07, 6.45) is 7.04. The highest BCUT2D eigenvalue weighted by Crippen LogP contribution is 2.29. The maximum Gasteiger partial charge on any atom is 0.272 e. The Hall–Kier alpha value is -4.24. The van der Waals surface area contributed by atoms with Gasteiger partial charge in [0.15, 0.2) is 9.84 Å². The van der Waals surface area contributed by atoms with Crippen LogP contribution in [-0.2, 0) is 14.6 Å². The van der Waals surface area contributed by atoms with Crippen molar-refractivity contribution >= 4 is 44.4 Å². The van der Waals surface area contributed by atoms with Gasteiger partial charge in [-0.05, 0) is 66.8 Å². The third-order valence-corrected chi connectivity index (χ3v) is 7.76. The molecule has 38 heavy (non-hydrogen) atoms. The number of pyridine rings is 1. The molecule has 2 aromatic heterocycles. The topological polar surface area (TPSA) is 110 Å². The number of carbonyl (C=O) groups is 2. The van der Waals surface area contributed by atoms with Gasteiger partial charge in [0.25, 0.3) is 5.91 Å². The zero-order valence-corrected chi connectivity index (χ0v) is 21.6. The number of para-hydroxylation sites is 1. The Bertz CT molecular complexity index is 1570. The van der Waals surface area contributed by atoms with Gasteiger partial charge in [0.2, 0.25) is 5.91 Å². The second-order valence-electron chi connectivity index (χ2n) is 9.35. The van der Waals surface area contributed by atoms with Crippen LogP contribution in [0.5, 0.6) is 0 Å². The Balaban J connectivity index is 1.13. The summed E-state index contributed by atoms with van der Waals surface area (Å²) in [5.41, 5.74) is 2.87. The van der Waals surface area contributed by atoms with E-state index < -0.39 is 9.84 Å². The Labute approximate surface area is 220 Å². The Morgan fingerprint density at radius 3 is 2.42 bits per heavy atom. The minimum absolute atomic E-state index is 0.0922. The van der Waals surface area contributed by atoms with E-state index in [1.54, 1.807) is 11.0 Å². The number of rotatable bonds is 6. The molecular formula is C29H27N3O5S. The lowest BCUT2D eigenvalue weighted by molar-refractivity contribution is -0.111. The van der Waals surface area contributed by atoms with Crippen LogP contribution in [0, 0.1) is 0 Å². The van der Waals surface area contributed by atoms with Crippen molar-refractivity contribution < 1.29 is 22.4 Å². The molecule has 1 N–H and O–H groups in total. The lowest BCUT2D eigenvalue weighted by Gasteiger charge is -2.32. The standard InChI is InChI=1S/C29H27N3O5S/c1-38(35,36)25-11-12-26(30-19-25)29(34)32-16-14-21(15-17-32)20-6-8-23(9-7-20)31-28(33)13-10-24-18-22-4-2-3-5-27(22)37-24/h2-13,18-19,21H,14-17H2,1H3,(H,31,33)/b13-10+. The number of aromatic nitrogens is 1. The average molecular weight is 530 g/mol. The molecule has 0 radical (unpaired) electrons. The maximum atomic E-state index is 12.8. The van der Waals surface area contributed by atoms with Crippen LogP contribution in [0.15, 0.2) is 88.3 Å². The summed E-state index contributed by atoms with van der Waals surface area (Å²) in [5, 5.41) is 3.85. The van der Waals surface area contributed by atoms with Gasteiger partial charge in [0.1, 0.15) is 17.0 Å². The number of carbonyl (C=O) groups excluding carboxylic acids is 2. The summed E-state index contributed by atoms with van der Waals surface area (Å²) in [4.78, 5) is 31.1. The van der Waals surface area contributed by atoms with Crippen molar-refractivity contribution in [2.75, 3.05) is 24.7 Å². The quantitative estimate of drug-likeness (QED) is 0.356. The second-order valence-corrected chi connectivity index (χ2v) is 11.4. The first-order valence-electron chi connectivity index (χ1n) is 12.3. The second kappa shape index (κ2) is 10.6. The summed E-state index contributed by atoms with van der Waals surface area (Å²) >= 11 is 0. The number of hydrogen-bond acceptors (Lipinski definition) is 6. The number of anilines is 1. The molecule has 4 aromatic rings. The third kappa shape index (κ3) is 5.84. The molecule has 1 aliphatic heterocycles. The first-order chi connectivity index (χ1) is 18.3. The van der Waals surface area contributed by atoms with Crippen LogP contribution < -0.4 is 5.32 Å². The summed E-state index contributed by atoms with van der Waals surface area (Å²) in [5.74, 6) is 0.473. The van der Waals surface area contributed by atoms with Crippen molar-refractivity contribution in [2.45, 2.75) is 23.7 Å². The number of amides is 2. The van der Waals surface area contributed by atoms with Crippen molar-refractivity contribution in [1.82, 2.24) is 9.88 Å². The summed E-state index contributed by atoms with van der Waals surface area (Å²) in [6.45, 7) is 1.17.